The Morgan fingerprint density at radius 1 is 0.952 bits per heavy atom. The molecule has 0 saturated heterocycles. The Morgan fingerprint density at radius 2 is 1.62 bits per heavy atom. The SMILES string of the molecule is CC(C)(CCc1ccccc1)NCc1cccc(N)c1.Cl. The maximum atomic E-state index is 5.80. The number of nitrogen functional groups attached to an aromatic ring is 1. The van der Waals surface area contributed by atoms with E-state index in [9.17, 15) is 0 Å². The fourth-order valence-corrected chi connectivity index (χ4v) is 2.23. The van der Waals surface area contributed by atoms with E-state index in [1.54, 1.807) is 0 Å². The molecule has 0 aliphatic heterocycles. The highest BCUT2D eigenvalue weighted by Gasteiger charge is 2.16. The molecule has 3 N–H and O–H groups in total. The lowest BCUT2D eigenvalue weighted by Gasteiger charge is -2.26. The van der Waals surface area contributed by atoms with Crippen molar-refractivity contribution in [2.24, 2.45) is 0 Å². The molecule has 21 heavy (non-hydrogen) atoms. The first-order valence-corrected chi connectivity index (χ1v) is 7.18. The van der Waals surface area contributed by atoms with E-state index >= 15 is 0 Å². The Kier molecular flexibility index (Phi) is 6.73. The molecule has 0 spiro atoms. The van der Waals surface area contributed by atoms with Crippen molar-refractivity contribution in [1.29, 1.82) is 0 Å². The molecule has 0 atom stereocenters. The van der Waals surface area contributed by atoms with Gasteiger partial charge in [0.2, 0.25) is 0 Å². The molecule has 2 nitrogen and oxygen atoms in total. The number of hydrogen-bond acceptors (Lipinski definition) is 2. The summed E-state index contributed by atoms with van der Waals surface area (Å²) in [7, 11) is 0. The number of benzene rings is 2. The Balaban J connectivity index is 0.00000220. The number of hydrogen-bond donors (Lipinski definition) is 2. The molecule has 0 saturated carbocycles. The zero-order valence-corrected chi connectivity index (χ0v) is 13.6. The average Bonchev–Trinajstić information content (AvgIpc) is 2.45. The van der Waals surface area contributed by atoms with Crippen molar-refractivity contribution in [2.75, 3.05) is 5.73 Å². The van der Waals surface area contributed by atoms with E-state index in [0.29, 0.717) is 0 Å². The predicted octanol–water partition coefficient (Wildman–Crippen LogP) is 4.19. The van der Waals surface area contributed by atoms with Crippen molar-refractivity contribution < 1.29 is 0 Å². The van der Waals surface area contributed by atoms with Gasteiger partial charge in [-0.25, -0.2) is 0 Å². The monoisotopic (exact) mass is 304 g/mol. The third kappa shape index (κ3) is 6.19. The Labute approximate surface area is 134 Å². The molecule has 2 aromatic carbocycles. The van der Waals surface area contributed by atoms with Crippen LogP contribution in [0.5, 0.6) is 0 Å². The molecular weight excluding hydrogens is 280 g/mol. The van der Waals surface area contributed by atoms with Crippen LogP contribution in [0.4, 0.5) is 5.69 Å². The van der Waals surface area contributed by atoms with Crippen LogP contribution in [0, 0.1) is 0 Å². The fourth-order valence-electron chi connectivity index (χ4n) is 2.23. The predicted molar refractivity (Wildman–Crippen MR) is 93.8 cm³/mol. The van der Waals surface area contributed by atoms with E-state index in [0.717, 1.165) is 25.1 Å². The van der Waals surface area contributed by atoms with Gasteiger partial charge in [0.25, 0.3) is 0 Å². The van der Waals surface area contributed by atoms with Gasteiger partial charge in [0.1, 0.15) is 0 Å². The Hall–Kier alpha value is -1.51. The van der Waals surface area contributed by atoms with Gasteiger partial charge in [-0.3, -0.25) is 0 Å². The molecule has 0 aliphatic carbocycles. The Morgan fingerprint density at radius 3 is 2.29 bits per heavy atom. The number of nitrogens with two attached hydrogens (primary N) is 1. The summed E-state index contributed by atoms with van der Waals surface area (Å²) >= 11 is 0. The first-order chi connectivity index (χ1) is 9.55. The van der Waals surface area contributed by atoms with Crippen LogP contribution < -0.4 is 11.1 Å². The highest BCUT2D eigenvalue weighted by molar-refractivity contribution is 5.85. The number of rotatable bonds is 6. The van der Waals surface area contributed by atoms with Crippen LogP contribution in [0.3, 0.4) is 0 Å². The molecule has 114 valence electrons. The third-order valence-corrected chi connectivity index (χ3v) is 3.60. The van der Waals surface area contributed by atoms with Crippen molar-refractivity contribution in [3.63, 3.8) is 0 Å². The van der Waals surface area contributed by atoms with Gasteiger partial charge < -0.3 is 11.1 Å². The molecule has 3 heteroatoms. The van der Waals surface area contributed by atoms with Crippen LogP contribution >= 0.6 is 12.4 Å². The average molecular weight is 305 g/mol. The zero-order chi connectivity index (χ0) is 14.4. The van der Waals surface area contributed by atoms with E-state index in [1.165, 1.54) is 11.1 Å². The minimum Gasteiger partial charge on any atom is -0.399 e. The summed E-state index contributed by atoms with van der Waals surface area (Å²) < 4.78 is 0. The molecule has 2 rings (SSSR count). The minimum atomic E-state index is 0. The highest BCUT2D eigenvalue weighted by atomic mass is 35.5. The van der Waals surface area contributed by atoms with Crippen LogP contribution in [0.25, 0.3) is 0 Å². The lowest BCUT2D eigenvalue weighted by Crippen LogP contribution is -2.39. The number of nitrogens with one attached hydrogen (secondary N) is 1. The second-order valence-electron chi connectivity index (χ2n) is 5.97. The molecule has 0 aliphatic rings. The van der Waals surface area contributed by atoms with Gasteiger partial charge in [0.05, 0.1) is 0 Å². The normalized spacial score (nSPS) is 11.0. The first-order valence-electron chi connectivity index (χ1n) is 7.18. The summed E-state index contributed by atoms with van der Waals surface area (Å²) in [6.45, 7) is 5.36. The summed E-state index contributed by atoms with van der Waals surface area (Å²) in [5.41, 5.74) is 9.37. The molecule has 0 heterocycles. The van der Waals surface area contributed by atoms with Gasteiger partial charge in [-0.05, 0) is 49.9 Å². The third-order valence-electron chi connectivity index (χ3n) is 3.60. The summed E-state index contributed by atoms with van der Waals surface area (Å²) in [4.78, 5) is 0. The molecule has 0 radical (unpaired) electrons. The minimum absolute atomic E-state index is 0. The highest BCUT2D eigenvalue weighted by Crippen LogP contribution is 2.15. The van der Waals surface area contributed by atoms with E-state index in [1.807, 2.05) is 18.2 Å². The fraction of sp³-hybridized carbons (Fsp3) is 0.333. The summed E-state index contributed by atoms with van der Waals surface area (Å²) in [6, 6.07) is 18.7. The molecule has 0 fully saturated rings. The number of halogens is 1. The van der Waals surface area contributed by atoms with E-state index in [4.69, 9.17) is 5.73 Å². The smallest absolute Gasteiger partial charge is 0.0317 e. The number of aryl methyl sites for hydroxylation is 1. The number of anilines is 1. The zero-order valence-electron chi connectivity index (χ0n) is 12.8. The van der Waals surface area contributed by atoms with Gasteiger partial charge >= 0.3 is 0 Å². The quantitative estimate of drug-likeness (QED) is 0.785. The molecule has 0 unspecified atom stereocenters. The molecule has 0 aromatic heterocycles. The van der Waals surface area contributed by atoms with Crippen LogP contribution in [-0.2, 0) is 13.0 Å². The van der Waals surface area contributed by atoms with Gasteiger partial charge in [0.15, 0.2) is 0 Å². The molecular formula is C18H25ClN2. The standard InChI is InChI=1S/C18H24N2.ClH/c1-18(2,12-11-15-7-4-3-5-8-15)20-14-16-9-6-10-17(19)13-16;/h3-10,13,20H,11-12,14,19H2,1-2H3;1H. The second kappa shape index (κ2) is 8.06. The largest absolute Gasteiger partial charge is 0.399 e. The van der Waals surface area contributed by atoms with Crippen LogP contribution in [0.1, 0.15) is 31.4 Å². The lowest BCUT2D eigenvalue weighted by atomic mass is 9.95. The first kappa shape index (κ1) is 17.5. The van der Waals surface area contributed by atoms with Gasteiger partial charge in [-0.1, -0.05) is 42.5 Å². The summed E-state index contributed by atoms with van der Waals surface area (Å²) in [5, 5.41) is 3.62. The van der Waals surface area contributed by atoms with Crippen molar-refractivity contribution in [3.8, 4) is 0 Å². The van der Waals surface area contributed by atoms with Crippen molar-refractivity contribution in [1.82, 2.24) is 5.32 Å². The molecule has 2 aromatic rings. The maximum Gasteiger partial charge on any atom is 0.0317 e. The Bertz CT molecular complexity index is 538. The summed E-state index contributed by atoms with van der Waals surface area (Å²) in [6.07, 6.45) is 2.21. The van der Waals surface area contributed by atoms with Gasteiger partial charge in [-0.15, -0.1) is 12.4 Å². The van der Waals surface area contributed by atoms with E-state index in [2.05, 4.69) is 55.6 Å². The summed E-state index contributed by atoms with van der Waals surface area (Å²) in [5.74, 6) is 0. The molecule has 0 amide bonds. The van der Waals surface area contributed by atoms with Gasteiger partial charge in [0, 0.05) is 17.8 Å². The van der Waals surface area contributed by atoms with Crippen molar-refractivity contribution in [2.45, 2.75) is 38.8 Å². The van der Waals surface area contributed by atoms with Crippen molar-refractivity contribution in [3.05, 3.63) is 65.7 Å². The second-order valence-corrected chi connectivity index (χ2v) is 5.97. The van der Waals surface area contributed by atoms with Gasteiger partial charge in [-0.2, -0.15) is 0 Å². The van der Waals surface area contributed by atoms with Crippen molar-refractivity contribution >= 4 is 18.1 Å². The van der Waals surface area contributed by atoms with Crippen LogP contribution in [-0.4, -0.2) is 5.54 Å². The lowest BCUT2D eigenvalue weighted by molar-refractivity contribution is 0.360. The van der Waals surface area contributed by atoms with E-state index in [-0.39, 0.29) is 17.9 Å². The van der Waals surface area contributed by atoms with E-state index < -0.39 is 0 Å². The topological polar surface area (TPSA) is 38.0 Å². The van der Waals surface area contributed by atoms with Crippen LogP contribution in [0.15, 0.2) is 54.6 Å². The molecule has 0 bridgehead atoms. The van der Waals surface area contributed by atoms with Crippen LogP contribution in [0.2, 0.25) is 0 Å². The maximum absolute atomic E-state index is 5.80.